The van der Waals surface area contributed by atoms with Crippen LogP contribution in [0, 0.1) is 5.92 Å². The van der Waals surface area contributed by atoms with Crippen LogP contribution in [0.4, 0.5) is 5.82 Å². The van der Waals surface area contributed by atoms with E-state index in [0.29, 0.717) is 30.4 Å². The Labute approximate surface area is 155 Å². The molecule has 0 unspecified atom stereocenters. The molecule has 2 heterocycles. The Hall–Kier alpha value is -1.73. The number of nitrogens with one attached hydrogen (secondary N) is 1. The van der Waals surface area contributed by atoms with Crippen LogP contribution in [0.3, 0.4) is 0 Å². The lowest BCUT2D eigenvalue weighted by Crippen LogP contribution is -2.44. The number of aromatic nitrogens is 2. The highest BCUT2D eigenvalue weighted by Gasteiger charge is 2.30. The molecule has 1 aliphatic carbocycles. The van der Waals surface area contributed by atoms with Crippen molar-refractivity contribution in [1.82, 2.24) is 14.9 Å². The number of likely N-dealkylation sites (tertiary alicyclic amines) is 1. The molecule has 3 N–H and O–H groups in total. The number of hydrogen-bond donors (Lipinski definition) is 2. The second-order valence-electron chi connectivity index (χ2n) is 7.85. The number of carbonyl (C=O) groups excluding carboxylic acids is 1. The second kappa shape index (κ2) is 8.31. The van der Waals surface area contributed by atoms with Gasteiger partial charge in [-0.1, -0.05) is 13.8 Å². The Morgan fingerprint density at radius 3 is 2.62 bits per heavy atom. The van der Waals surface area contributed by atoms with Crippen molar-refractivity contribution in [3.8, 4) is 0 Å². The van der Waals surface area contributed by atoms with E-state index < -0.39 is 0 Å². The van der Waals surface area contributed by atoms with Gasteiger partial charge in [0.25, 0.3) is 0 Å². The van der Waals surface area contributed by atoms with Gasteiger partial charge >= 0.3 is 0 Å². The molecule has 2 aliphatic rings. The van der Waals surface area contributed by atoms with E-state index in [1.165, 1.54) is 0 Å². The van der Waals surface area contributed by atoms with Gasteiger partial charge in [0.2, 0.25) is 5.91 Å². The molecule has 0 bridgehead atoms. The number of nitrogens with zero attached hydrogens (tertiary/aromatic N) is 3. The maximum Gasteiger partial charge on any atom is 0.225 e. The molecule has 2 fully saturated rings. The van der Waals surface area contributed by atoms with Crippen molar-refractivity contribution in [2.45, 2.75) is 64.1 Å². The standard InChI is InChI=1S/C19H31N5O2/c1-12(2)19(25)24-6-4-15(5-7-24)21-17-10-16(13-8-14(20)9-13)22-18(23-17)11-26-3/h10,12-15H,4-9,11,20H2,1-3H3,(H,21,22,23). The molecule has 3 rings (SSSR count). The normalized spacial score (nSPS) is 23.8. The molecule has 1 aromatic heterocycles. The third-order valence-corrected chi connectivity index (χ3v) is 5.31. The van der Waals surface area contributed by atoms with Gasteiger partial charge in [0.1, 0.15) is 12.4 Å². The molecule has 26 heavy (non-hydrogen) atoms. The average molecular weight is 361 g/mol. The van der Waals surface area contributed by atoms with E-state index in [-0.39, 0.29) is 11.8 Å². The SMILES string of the molecule is COCc1nc(NC2CCN(C(=O)C(C)C)CC2)cc(C2CC(N)C2)n1. The highest BCUT2D eigenvalue weighted by atomic mass is 16.5. The van der Waals surface area contributed by atoms with Crippen LogP contribution in [0.25, 0.3) is 0 Å². The number of ether oxygens (including phenoxy) is 1. The molecule has 1 amide bonds. The summed E-state index contributed by atoms with van der Waals surface area (Å²) in [6.07, 6.45) is 3.84. The molecule has 0 aromatic carbocycles. The molecule has 1 saturated carbocycles. The van der Waals surface area contributed by atoms with Gasteiger partial charge in [0.05, 0.1) is 0 Å². The molecule has 1 saturated heterocycles. The number of rotatable bonds is 6. The summed E-state index contributed by atoms with van der Waals surface area (Å²) in [5.74, 6) is 2.30. The van der Waals surface area contributed by atoms with Crippen molar-refractivity contribution >= 4 is 11.7 Å². The maximum atomic E-state index is 12.1. The van der Waals surface area contributed by atoms with Crippen LogP contribution in [0.5, 0.6) is 0 Å². The molecule has 1 aromatic rings. The third kappa shape index (κ3) is 4.51. The minimum Gasteiger partial charge on any atom is -0.377 e. The molecule has 7 heteroatoms. The largest absolute Gasteiger partial charge is 0.377 e. The minimum atomic E-state index is 0.0642. The summed E-state index contributed by atoms with van der Waals surface area (Å²) < 4.78 is 5.22. The van der Waals surface area contributed by atoms with Gasteiger partial charge in [-0.25, -0.2) is 9.97 Å². The van der Waals surface area contributed by atoms with E-state index >= 15 is 0 Å². The summed E-state index contributed by atoms with van der Waals surface area (Å²) in [5, 5.41) is 3.55. The van der Waals surface area contributed by atoms with Gasteiger partial charge in [-0.2, -0.15) is 0 Å². The molecule has 0 spiro atoms. The fourth-order valence-corrected chi connectivity index (χ4v) is 3.72. The summed E-state index contributed by atoms with van der Waals surface area (Å²) >= 11 is 0. The first-order valence-corrected chi connectivity index (χ1v) is 9.64. The lowest BCUT2D eigenvalue weighted by Gasteiger charge is -2.34. The number of carbonyl (C=O) groups is 1. The molecule has 7 nitrogen and oxygen atoms in total. The zero-order valence-electron chi connectivity index (χ0n) is 16.1. The predicted octanol–water partition coefficient (Wildman–Crippen LogP) is 1.89. The Bertz CT molecular complexity index is 622. The number of piperidine rings is 1. The molecule has 1 aliphatic heterocycles. The molecule has 0 atom stereocenters. The highest BCUT2D eigenvalue weighted by Crippen LogP contribution is 2.35. The zero-order valence-corrected chi connectivity index (χ0v) is 16.1. The quantitative estimate of drug-likeness (QED) is 0.804. The lowest BCUT2D eigenvalue weighted by atomic mass is 9.78. The Morgan fingerprint density at radius 1 is 1.35 bits per heavy atom. The van der Waals surface area contributed by atoms with Crippen LogP contribution in [-0.2, 0) is 16.1 Å². The first-order chi connectivity index (χ1) is 12.5. The fourth-order valence-electron chi connectivity index (χ4n) is 3.72. The zero-order chi connectivity index (χ0) is 18.7. The second-order valence-corrected chi connectivity index (χ2v) is 7.85. The average Bonchev–Trinajstić information content (AvgIpc) is 2.59. The minimum absolute atomic E-state index is 0.0642. The van der Waals surface area contributed by atoms with Crippen LogP contribution in [0.2, 0.25) is 0 Å². The summed E-state index contributed by atoms with van der Waals surface area (Å²) in [7, 11) is 1.66. The number of nitrogens with two attached hydrogens (primary N) is 1. The fraction of sp³-hybridized carbons (Fsp3) is 0.737. The first-order valence-electron chi connectivity index (χ1n) is 9.64. The van der Waals surface area contributed by atoms with Gasteiger partial charge in [-0.15, -0.1) is 0 Å². The summed E-state index contributed by atoms with van der Waals surface area (Å²) in [5.41, 5.74) is 6.99. The van der Waals surface area contributed by atoms with Crippen molar-refractivity contribution in [3.63, 3.8) is 0 Å². The summed E-state index contributed by atoms with van der Waals surface area (Å²) in [4.78, 5) is 23.3. The van der Waals surface area contributed by atoms with Crippen LogP contribution in [0.1, 0.15) is 57.0 Å². The molecule has 0 radical (unpaired) electrons. The van der Waals surface area contributed by atoms with E-state index in [4.69, 9.17) is 10.5 Å². The van der Waals surface area contributed by atoms with Crippen LogP contribution >= 0.6 is 0 Å². The summed E-state index contributed by atoms with van der Waals surface area (Å²) in [6.45, 7) is 5.92. The van der Waals surface area contributed by atoms with Crippen LogP contribution in [0.15, 0.2) is 6.07 Å². The molecule has 144 valence electrons. The first kappa shape index (κ1) is 19.0. The lowest BCUT2D eigenvalue weighted by molar-refractivity contribution is -0.135. The highest BCUT2D eigenvalue weighted by molar-refractivity contribution is 5.78. The Balaban J connectivity index is 1.63. The predicted molar refractivity (Wildman–Crippen MR) is 101 cm³/mol. The van der Waals surface area contributed by atoms with Gasteiger partial charge < -0.3 is 20.7 Å². The van der Waals surface area contributed by atoms with Gasteiger partial charge in [-0.3, -0.25) is 4.79 Å². The Kier molecular flexibility index (Phi) is 6.09. The van der Waals surface area contributed by atoms with E-state index in [9.17, 15) is 4.79 Å². The van der Waals surface area contributed by atoms with Gasteiger partial charge in [0, 0.05) is 55.9 Å². The number of hydrogen-bond acceptors (Lipinski definition) is 6. The van der Waals surface area contributed by atoms with Crippen LogP contribution in [-0.4, -0.2) is 53.1 Å². The van der Waals surface area contributed by atoms with Crippen LogP contribution < -0.4 is 11.1 Å². The van der Waals surface area contributed by atoms with Crippen molar-refractivity contribution in [3.05, 3.63) is 17.6 Å². The summed E-state index contributed by atoms with van der Waals surface area (Å²) in [6, 6.07) is 2.68. The van der Waals surface area contributed by atoms with E-state index in [2.05, 4.69) is 21.4 Å². The van der Waals surface area contributed by atoms with Gasteiger partial charge in [0.15, 0.2) is 5.82 Å². The van der Waals surface area contributed by atoms with E-state index in [0.717, 1.165) is 50.3 Å². The van der Waals surface area contributed by atoms with Crippen molar-refractivity contribution in [2.24, 2.45) is 11.7 Å². The van der Waals surface area contributed by atoms with Gasteiger partial charge in [-0.05, 0) is 25.7 Å². The molecular weight excluding hydrogens is 330 g/mol. The van der Waals surface area contributed by atoms with E-state index in [1.807, 2.05) is 18.7 Å². The third-order valence-electron chi connectivity index (χ3n) is 5.31. The Morgan fingerprint density at radius 2 is 2.04 bits per heavy atom. The van der Waals surface area contributed by atoms with Crippen molar-refractivity contribution < 1.29 is 9.53 Å². The monoisotopic (exact) mass is 361 g/mol. The topological polar surface area (TPSA) is 93.4 Å². The number of anilines is 1. The number of methoxy groups -OCH3 is 1. The van der Waals surface area contributed by atoms with Crippen molar-refractivity contribution in [2.75, 3.05) is 25.5 Å². The number of amides is 1. The van der Waals surface area contributed by atoms with E-state index in [1.54, 1.807) is 7.11 Å². The van der Waals surface area contributed by atoms with Crippen molar-refractivity contribution in [1.29, 1.82) is 0 Å². The maximum absolute atomic E-state index is 12.1. The smallest absolute Gasteiger partial charge is 0.225 e. The molecular formula is C19H31N5O2.